The van der Waals surface area contributed by atoms with Crippen molar-refractivity contribution in [1.29, 1.82) is 0 Å². The van der Waals surface area contributed by atoms with E-state index in [2.05, 4.69) is 12.2 Å². The minimum absolute atomic E-state index is 0.0856. The minimum Gasteiger partial charge on any atom is -0.352 e. The van der Waals surface area contributed by atoms with E-state index in [4.69, 9.17) is 5.73 Å². The molecule has 1 unspecified atom stereocenters. The van der Waals surface area contributed by atoms with E-state index in [0.717, 1.165) is 12.8 Å². The first-order valence-corrected chi connectivity index (χ1v) is 5.21. The molecule has 2 amide bonds. The van der Waals surface area contributed by atoms with Crippen LogP contribution in [-0.4, -0.2) is 6.03 Å². The van der Waals surface area contributed by atoms with Gasteiger partial charge in [-0.1, -0.05) is 19.4 Å². The Balaban J connectivity index is 2.62. The standard InChI is InChI=1S/C9H14N2OS/c1-2-4-7(11-9(10)12)8-5-3-6-13-8/h3,5-7H,2,4H2,1H3,(H3,10,11,12). The Morgan fingerprint density at radius 3 is 3.00 bits per heavy atom. The van der Waals surface area contributed by atoms with Crippen molar-refractivity contribution in [2.45, 2.75) is 25.8 Å². The van der Waals surface area contributed by atoms with Crippen molar-refractivity contribution in [3.8, 4) is 0 Å². The van der Waals surface area contributed by atoms with Crippen LogP contribution in [0.5, 0.6) is 0 Å². The van der Waals surface area contributed by atoms with E-state index in [9.17, 15) is 4.79 Å². The van der Waals surface area contributed by atoms with Gasteiger partial charge in [-0.15, -0.1) is 11.3 Å². The summed E-state index contributed by atoms with van der Waals surface area (Å²) in [7, 11) is 0. The van der Waals surface area contributed by atoms with Crippen molar-refractivity contribution in [3.05, 3.63) is 22.4 Å². The molecule has 0 saturated carbocycles. The molecule has 3 N–H and O–H groups in total. The topological polar surface area (TPSA) is 55.1 Å². The van der Waals surface area contributed by atoms with E-state index < -0.39 is 6.03 Å². The molecule has 0 aliphatic rings. The highest BCUT2D eigenvalue weighted by Crippen LogP contribution is 2.22. The smallest absolute Gasteiger partial charge is 0.312 e. The molecule has 0 aliphatic carbocycles. The van der Waals surface area contributed by atoms with Gasteiger partial charge in [-0.25, -0.2) is 4.79 Å². The van der Waals surface area contributed by atoms with E-state index in [-0.39, 0.29) is 6.04 Å². The van der Waals surface area contributed by atoms with Crippen molar-refractivity contribution in [2.75, 3.05) is 0 Å². The number of rotatable bonds is 4. The van der Waals surface area contributed by atoms with Gasteiger partial charge >= 0.3 is 6.03 Å². The van der Waals surface area contributed by atoms with Gasteiger partial charge < -0.3 is 11.1 Å². The van der Waals surface area contributed by atoms with E-state index in [1.165, 1.54) is 4.88 Å². The number of hydrogen-bond acceptors (Lipinski definition) is 2. The zero-order valence-corrected chi connectivity index (χ0v) is 8.43. The Kier molecular flexibility index (Phi) is 3.76. The number of carbonyl (C=O) groups excluding carboxylic acids is 1. The number of urea groups is 1. The summed E-state index contributed by atoms with van der Waals surface area (Å²) in [5.41, 5.74) is 5.08. The van der Waals surface area contributed by atoms with Gasteiger partial charge in [0.05, 0.1) is 6.04 Å². The maximum Gasteiger partial charge on any atom is 0.312 e. The molecule has 0 saturated heterocycles. The van der Waals surface area contributed by atoms with Crippen LogP contribution in [0.1, 0.15) is 30.7 Å². The number of primary amides is 1. The summed E-state index contributed by atoms with van der Waals surface area (Å²) in [6, 6.07) is 3.63. The van der Waals surface area contributed by atoms with Crippen LogP contribution in [0, 0.1) is 0 Å². The van der Waals surface area contributed by atoms with E-state index in [1.54, 1.807) is 11.3 Å². The average Bonchev–Trinajstić information content (AvgIpc) is 2.54. The van der Waals surface area contributed by atoms with Crippen LogP contribution in [0.15, 0.2) is 17.5 Å². The molecule has 1 atom stereocenters. The van der Waals surface area contributed by atoms with Crippen molar-refractivity contribution in [2.24, 2.45) is 5.73 Å². The molecule has 4 heteroatoms. The number of hydrogen-bond donors (Lipinski definition) is 2. The fraction of sp³-hybridized carbons (Fsp3) is 0.444. The molecule has 1 rings (SSSR count). The van der Waals surface area contributed by atoms with Crippen LogP contribution in [-0.2, 0) is 0 Å². The monoisotopic (exact) mass is 198 g/mol. The zero-order valence-electron chi connectivity index (χ0n) is 7.62. The van der Waals surface area contributed by atoms with Gasteiger partial charge in [0, 0.05) is 4.88 Å². The van der Waals surface area contributed by atoms with E-state index >= 15 is 0 Å². The molecule has 3 nitrogen and oxygen atoms in total. The maximum absolute atomic E-state index is 10.7. The van der Waals surface area contributed by atoms with Crippen LogP contribution < -0.4 is 11.1 Å². The molecule has 0 aromatic carbocycles. The van der Waals surface area contributed by atoms with Gasteiger partial charge in [0.1, 0.15) is 0 Å². The summed E-state index contributed by atoms with van der Waals surface area (Å²) < 4.78 is 0. The second-order valence-corrected chi connectivity index (χ2v) is 3.84. The third kappa shape index (κ3) is 3.06. The number of nitrogens with one attached hydrogen (secondary N) is 1. The third-order valence-corrected chi connectivity index (χ3v) is 2.77. The zero-order chi connectivity index (χ0) is 9.68. The molecule has 0 spiro atoms. The highest BCUT2D eigenvalue weighted by molar-refractivity contribution is 7.10. The summed E-state index contributed by atoms with van der Waals surface area (Å²) in [5.74, 6) is 0. The fourth-order valence-corrected chi connectivity index (χ4v) is 2.05. The Morgan fingerprint density at radius 2 is 2.54 bits per heavy atom. The SMILES string of the molecule is CCCC(NC(N)=O)c1cccs1. The van der Waals surface area contributed by atoms with Gasteiger partial charge in [-0.3, -0.25) is 0 Å². The lowest BCUT2D eigenvalue weighted by atomic mass is 10.1. The average molecular weight is 198 g/mol. The van der Waals surface area contributed by atoms with Gasteiger partial charge in [0.15, 0.2) is 0 Å². The number of nitrogens with two attached hydrogens (primary N) is 1. The Morgan fingerprint density at radius 1 is 1.77 bits per heavy atom. The minimum atomic E-state index is -0.452. The normalized spacial score (nSPS) is 12.4. The molecule has 0 aliphatic heterocycles. The Bertz CT molecular complexity index is 259. The van der Waals surface area contributed by atoms with Crippen LogP contribution in [0.3, 0.4) is 0 Å². The highest BCUT2D eigenvalue weighted by atomic mass is 32.1. The lowest BCUT2D eigenvalue weighted by Gasteiger charge is -2.14. The highest BCUT2D eigenvalue weighted by Gasteiger charge is 2.12. The second-order valence-electron chi connectivity index (χ2n) is 2.87. The second kappa shape index (κ2) is 4.87. The number of carbonyl (C=O) groups is 1. The summed E-state index contributed by atoms with van der Waals surface area (Å²) in [5, 5.41) is 4.73. The van der Waals surface area contributed by atoms with Crippen molar-refractivity contribution >= 4 is 17.4 Å². The predicted octanol–water partition coefficient (Wildman–Crippen LogP) is 2.26. The van der Waals surface area contributed by atoms with Gasteiger partial charge in [-0.05, 0) is 17.9 Å². The van der Waals surface area contributed by atoms with Crippen LogP contribution in [0.25, 0.3) is 0 Å². The van der Waals surface area contributed by atoms with Gasteiger partial charge in [0.25, 0.3) is 0 Å². The summed E-state index contributed by atoms with van der Waals surface area (Å²) in [4.78, 5) is 11.9. The van der Waals surface area contributed by atoms with Gasteiger partial charge in [0.2, 0.25) is 0 Å². The molecule has 1 aromatic heterocycles. The first kappa shape index (κ1) is 10.1. The molecule has 1 heterocycles. The fourth-order valence-electron chi connectivity index (χ4n) is 1.24. The maximum atomic E-state index is 10.7. The molecule has 0 radical (unpaired) electrons. The van der Waals surface area contributed by atoms with Crippen molar-refractivity contribution in [3.63, 3.8) is 0 Å². The Labute approximate surface area is 81.9 Å². The summed E-state index contributed by atoms with van der Waals surface area (Å²) in [6.45, 7) is 2.09. The molecule has 0 bridgehead atoms. The number of thiophene rings is 1. The lowest BCUT2D eigenvalue weighted by molar-refractivity contribution is 0.244. The molecule has 0 fully saturated rings. The first-order chi connectivity index (χ1) is 6.24. The number of amides is 2. The van der Waals surface area contributed by atoms with Crippen LogP contribution in [0.2, 0.25) is 0 Å². The predicted molar refractivity (Wildman–Crippen MR) is 54.7 cm³/mol. The van der Waals surface area contributed by atoms with E-state index in [0.29, 0.717) is 0 Å². The quantitative estimate of drug-likeness (QED) is 0.766. The largest absolute Gasteiger partial charge is 0.352 e. The summed E-state index contributed by atoms with van der Waals surface area (Å²) >= 11 is 1.64. The summed E-state index contributed by atoms with van der Waals surface area (Å²) in [6.07, 6.45) is 1.96. The molecule has 72 valence electrons. The van der Waals surface area contributed by atoms with Crippen LogP contribution in [0.4, 0.5) is 4.79 Å². The molecule has 13 heavy (non-hydrogen) atoms. The third-order valence-electron chi connectivity index (χ3n) is 1.78. The molecular weight excluding hydrogens is 184 g/mol. The molecular formula is C9H14N2OS. The Hall–Kier alpha value is -1.03. The van der Waals surface area contributed by atoms with Crippen molar-refractivity contribution in [1.82, 2.24) is 5.32 Å². The van der Waals surface area contributed by atoms with Crippen LogP contribution >= 0.6 is 11.3 Å². The van der Waals surface area contributed by atoms with Gasteiger partial charge in [-0.2, -0.15) is 0 Å². The van der Waals surface area contributed by atoms with E-state index in [1.807, 2.05) is 17.5 Å². The first-order valence-electron chi connectivity index (χ1n) is 4.33. The lowest BCUT2D eigenvalue weighted by Crippen LogP contribution is -2.32. The van der Waals surface area contributed by atoms with Crippen molar-refractivity contribution < 1.29 is 4.79 Å². The molecule has 1 aromatic rings.